The van der Waals surface area contributed by atoms with Crippen molar-refractivity contribution in [3.8, 4) is 0 Å². The number of nitrogens with zero attached hydrogens (tertiary/aromatic N) is 2. The maximum atomic E-state index is 14.3. The molecule has 5 unspecified atom stereocenters. The number of hydrogen-bond acceptors (Lipinski definition) is 9. The summed E-state index contributed by atoms with van der Waals surface area (Å²) in [5.74, 6) is -2.74. The van der Waals surface area contributed by atoms with E-state index in [1.54, 1.807) is 10.4 Å². The first-order chi connectivity index (χ1) is 25.1. The first-order valence-corrected chi connectivity index (χ1v) is 20.0. The maximum absolute atomic E-state index is 14.3. The molecule has 0 radical (unpaired) electrons. The summed E-state index contributed by atoms with van der Waals surface area (Å²) < 4.78 is 5.42. The predicted molar refractivity (Wildman–Crippen MR) is 200 cm³/mol. The Kier molecular flexibility index (Phi) is 16.5. The van der Waals surface area contributed by atoms with Crippen molar-refractivity contribution in [1.29, 1.82) is 0 Å². The number of aromatic nitrogens is 1. The zero-order chi connectivity index (χ0) is 37.5. The minimum atomic E-state index is -1.33. The third-order valence-corrected chi connectivity index (χ3v) is 11.7. The lowest BCUT2D eigenvalue weighted by Gasteiger charge is -2.37. The Hall–Kier alpha value is -3.39. The van der Waals surface area contributed by atoms with Crippen molar-refractivity contribution in [2.24, 2.45) is 17.8 Å². The van der Waals surface area contributed by atoms with Gasteiger partial charge in [0, 0.05) is 38.4 Å². The summed E-state index contributed by atoms with van der Waals surface area (Å²) in [5, 5.41) is 33.7. The van der Waals surface area contributed by atoms with E-state index in [4.69, 9.17) is 4.74 Å². The second-order valence-corrected chi connectivity index (χ2v) is 15.2. The highest BCUT2D eigenvalue weighted by molar-refractivity contribution is 7.07. The molecule has 4 rings (SSSR count). The van der Waals surface area contributed by atoms with Gasteiger partial charge in [-0.25, -0.2) is 4.98 Å². The largest absolute Gasteiger partial charge is 0.391 e. The number of aliphatic hydroxyl groups excluding tert-OH is 1. The average Bonchev–Trinajstić information content (AvgIpc) is 3.69. The molecule has 0 bridgehead atoms. The van der Waals surface area contributed by atoms with Gasteiger partial charge in [0.1, 0.15) is 6.04 Å². The Labute approximate surface area is 312 Å². The van der Waals surface area contributed by atoms with Crippen molar-refractivity contribution in [1.82, 2.24) is 25.8 Å². The van der Waals surface area contributed by atoms with Crippen LogP contribution in [0.4, 0.5) is 0 Å². The van der Waals surface area contributed by atoms with Gasteiger partial charge in [0.2, 0.25) is 23.6 Å². The van der Waals surface area contributed by atoms with Gasteiger partial charge in [-0.05, 0) is 43.6 Å². The molecule has 2 heterocycles. The molecule has 1 aliphatic heterocycles. The van der Waals surface area contributed by atoms with Gasteiger partial charge in [0.05, 0.1) is 54.0 Å². The number of thiazole rings is 1. The van der Waals surface area contributed by atoms with Gasteiger partial charge in [0.25, 0.3) is 0 Å². The first-order valence-electron chi connectivity index (χ1n) is 19.1. The van der Waals surface area contributed by atoms with Crippen molar-refractivity contribution in [3.63, 3.8) is 0 Å². The van der Waals surface area contributed by atoms with Crippen molar-refractivity contribution in [2.75, 3.05) is 33.4 Å². The number of amides is 4. The van der Waals surface area contributed by atoms with E-state index in [-0.39, 0.29) is 37.0 Å². The van der Waals surface area contributed by atoms with Crippen molar-refractivity contribution in [2.45, 2.75) is 115 Å². The van der Waals surface area contributed by atoms with Gasteiger partial charge in [-0.15, -0.1) is 11.3 Å². The minimum absolute atomic E-state index is 0.0204. The molecule has 2 aliphatic rings. The molecular weight excluding hydrogens is 683 g/mol. The number of carbonyl (C=O) groups is 4. The van der Waals surface area contributed by atoms with Crippen LogP contribution in [-0.4, -0.2) is 101 Å². The van der Waals surface area contributed by atoms with Gasteiger partial charge < -0.3 is 35.8 Å². The molecule has 288 valence electrons. The summed E-state index contributed by atoms with van der Waals surface area (Å²) in [6.07, 6.45) is 5.64. The molecule has 52 heavy (non-hydrogen) atoms. The Morgan fingerprint density at radius 3 is 2.29 bits per heavy atom. The van der Waals surface area contributed by atoms with E-state index in [0.29, 0.717) is 57.7 Å². The average molecular weight is 742 g/mol. The maximum Gasteiger partial charge on any atom is 0.243 e. The number of morpholine rings is 1. The summed E-state index contributed by atoms with van der Waals surface area (Å²) in [6.45, 7) is 5.46. The Morgan fingerprint density at radius 2 is 1.67 bits per heavy atom. The van der Waals surface area contributed by atoms with Crippen LogP contribution in [0.1, 0.15) is 89.3 Å². The molecule has 0 spiro atoms. The second-order valence-electron chi connectivity index (χ2n) is 14.5. The molecule has 1 aromatic heterocycles. The van der Waals surface area contributed by atoms with E-state index in [1.165, 1.54) is 18.4 Å². The van der Waals surface area contributed by atoms with Gasteiger partial charge in [-0.3, -0.25) is 19.2 Å². The molecular formula is C39H59N5O7S. The standard InChI is InChI=1S/C39H59N5O7S/c1-4-39(50,5-2)31(37(48)40-3)24-34(45)32(21-28-14-10-7-11-15-28)42-38(49)33(23-30-25-52-26-41-30)43-36(47)29(20-27-12-8-6-9-13-27)22-35(46)44-16-18-51-19-17-44/h6,8-9,12-13,25-26,28-29,31-34,45,50H,4-5,7,10-11,14-24H2,1-3H3,(H,40,48)(H,42,49)(H,43,47). The molecule has 5 atom stereocenters. The molecule has 12 nitrogen and oxygen atoms in total. The van der Waals surface area contributed by atoms with Gasteiger partial charge >= 0.3 is 0 Å². The van der Waals surface area contributed by atoms with Crippen LogP contribution in [0.5, 0.6) is 0 Å². The number of aliphatic hydroxyl groups is 2. The number of hydrogen-bond donors (Lipinski definition) is 5. The number of nitrogens with one attached hydrogen (secondary N) is 3. The van der Waals surface area contributed by atoms with E-state index in [2.05, 4.69) is 20.9 Å². The lowest BCUT2D eigenvalue weighted by molar-refractivity contribution is -0.140. The van der Waals surface area contributed by atoms with Crippen molar-refractivity contribution >= 4 is 35.0 Å². The number of carbonyl (C=O) groups excluding carboxylic acids is 4. The Bertz CT molecular complexity index is 1390. The summed E-state index contributed by atoms with van der Waals surface area (Å²) in [6, 6.07) is 7.75. The van der Waals surface area contributed by atoms with Crippen LogP contribution in [0.15, 0.2) is 41.2 Å². The SMILES string of the molecule is CCC(O)(CC)C(CC(O)C(CC1CCCCC1)NC(=O)C(Cc1cscn1)NC(=O)C(CC(=O)N1CCOCC1)Cc1ccccc1)C(=O)NC. The van der Waals surface area contributed by atoms with Gasteiger partial charge in [-0.1, -0.05) is 76.3 Å². The van der Waals surface area contributed by atoms with E-state index >= 15 is 0 Å². The second kappa shape index (κ2) is 20.7. The lowest BCUT2D eigenvalue weighted by atomic mass is 9.76. The van der Waals surface area contributed by atoms with Crippen LogP contribution in [0.25, 0.3) is 0 Å². The molecule has 1 saturated carbocycles. The van der Waals surface area contributed by atoms with Crippen LogP contribution < -0.4 is 16.0 Å². The zero-order valence-corrected chi connectivity index (χ0v) is 31.9. The van der Waals surface area contributed by atoms with E-state index in [9.17, 15) is 29.4 Å². The highest BCUT2D eigenvalue weighted by Crippen LogP contribution is 2.33. The predicted octanol–water partition coefficient (Wildman–Crippen LogP) is 3.40. The summed E-state index contributed by atoms with van der Waals surface area (Å²) in [5.41, 5.74) is 1.88. The topological polar surface area (TPSA) is 170 Å². The van der Waals surface area contributed by atoms with Gasteiger partial charge in [-0.2, -0.15) is 0 Å². The zero-order valence-electron chi connectivity index (χ0n) is 31.1. The quantitative estimate of drug-likeness (QED) is 0.146. The summed E-state index contributed by atoms with van der Waals surface area (Å²) in [7, 11) is 1.51. The molecule has 2 fully saturated rings. The highest BCUT2D eigenvalue weighted by Gasteiger charge is 2.42. The Morgan fingerprint density at radius 1 is 0.981 bits per heavy atom. The lowest BCUT2D eigenvalue weighted by Crippen LogP contribution is -2.56. The fourth-order valence-electron chi connectivity index (χ4n) is 7.63. The van der Waals surface area contributed by atoms with E-state index < -0.39 is 47.4 Å². The fraction of sp³-hybridized carbons (Fsp3) is 0.667. The smallest absolute Gasteiger partial charge is 0.243 e. The van der Waals surface area contributed by atoms with Gasteiger partial charge in [0.15, 0.2) is 0 Å². The van der Waals surface area contributed by atoms with Crippen LogP contribution in [0, 0.1) is 17.8 Å². The molecule has 1 saturated heterocycles. The normalized spacial score (nSPS) is 18.4. The number of benzene rings is 1. The van der Waals surface area contributed by atoms with Crippen LogP contribution in [-0.2, 0) is 36.8 Å². The van der Waals surface area contributed by atoms with Crippen LogP contribution in [0.3, 0.4) is 0 Å². The highest BCUT2D eigenvalue weighted by atomic mass is 32.1. The van der Waals surface area contributed by atoms with Crippen molar-refractivity contribution < 1.29 is 34.1 Å². The number of ether oxygens (including phenoxy) is 1. The molecule has 4 amide bonds. The molecule has 13 heteroatoms. The van der Waals surface area contributed by atoms with Crippen LogP contribution in [0.2, 0.25) is 0 Å². The van der Waals surface area contributed by atoms with E-state index in [1.807, 2.05) is 49.6 Å². The number of rotatable bonds is 19. The molecule has 1 aliphatic carbocycles. The molecule has 5 N–H and O–H groups in total. The molecule has 2 aromatic rings. The minimum Gasteiger partial charge on any atom is -0.391 e. The Balaban J connectivity index is 1.58. The van der Waals surface area contributed by atoms with E-state index in [0.717, 1.165) is 37.7 Å². The van der Waals surface area contributed by atoms with Crippen LogP contribution >= 0.6 is 11.3 Å². The summed E-state index contributed by atoms with van der Waals surface area (Å²) in [4.78, 5) is 61.0. The summed E-state index contributed by atoms with van der Waals surface area (Å²) >= 11 is 1.39. The first kappa shape index (κ1) is 41.4. The monoisotopic (exact) mass is 741 g/mol. The van der Waals surface area contributed by atoms with Crippen molar-refractivity contribution in [3.05, 3.63) is 52.5 Å². The fourth-order valence-corrected chi connectivity index (χ4v) is 8.20. The third-order valence-electron chi connectivity index (χ3n) is 11.0. The molecule has 1 aromatic carbocycles. The third kappa shape index (κ3) is 12.1.